The Morgan fingerprint density at radius 3 is 2.38 bits per heavy atom. The normalized spacial score (nSPS) is 11.7. The second kappa shape index (κ2) is 9.55. The van der Waals surface area contributed by atoms with Crippen molar-refractivity contribution in [3.05, 3.63) is 69.5 Å². The van der Waals surface area contributed by atoms with Crippen molar-refractivity contribution in [2.45, 2.75) is 25.9 Å². The van der Waals surface area contributed by atoms with Crippen LogP contribution in [-0.2, 0) is 27.2 Å². The van der Waals surface area contributed by atoms with E-state index in [0.717, 1.165) is 5.56 Å². The molecule has 0 fully saturated rings. The lowest BCUT2D eigenvalue weighted by Crippen LogP contribution is -2.37. The minimum Gasteiger partial charge on any atom is -0.452 e. The molecule has 1 atom stereocenters. The Labute approximate surface area is 161 Å². The van der Waals surface area contributed by atoms with Crippen LogP contribution in [0.5, 0.6) is 0 Å². The van der Waals surface area contributed by atoms with Gasteiger partial charge in [0, 0.05) is 6.54 Å². The molecule has 0 saturated carbocycles. The number of halogens is 3. The van der Waals surface area contributed by atoms with Crippen LogP contribution >= 0.6 is 23.2 Å². The molecule has 138 valence electrons. The molecule has 0 saturated heterocycles. The van der Waals surface area contributed by atoms with Crippen LogP contribution in [0.25, 0.3) is 0 Å². The fourth-order valence-corrected chi connectivity index (χ4v) is 2.55. The van der Waals surface area contributed by atoms with Crippen molar-refractivity contribution in [1.82, 2.24) is 5.32 Å². The van der Waals surface area contributed by atoms with Gasteiger partial charge in [0.1, 0.15) is 5.82 Å². The Hall–Kier alpha value is -2.11. The highest BCUT2D eigenvalue weighted by atomic mass is 35.5. The molecule has 0 aromatic heterocycles. The van der Waals surface area contributed by atoms with Gasteiger partial charge in [-0.1, -0.05) is 41.4 Å². The Morgan fingerprint density at radius 1 is 1.08 bits per heavy atom. The summed E-state index contributed by atoms with van der Waals surface area (Å²) in [6.07, 6.45) is -0.376. The van der Waals surface area contributed by atoms with Gasteiger partial charge in [-0.15, -0.1) is 0 Å². The van der Waals surface area contributed by atoms with E-state index in [1.807, 2.05) is 0 Å². The van der Waals surface area contributed by atoms with Gasteiger partial charge in [0.25, 0.3) is 5.91 Å². The summed E-state index contributed by atoms with van der Waals surface area (Å²) in [5.41, 5.74) is 1.55. The molecule has 0 radical (unpaired) electrons. The third-order valence-corrected chi connectivity index (χ3v) is 4.38. The van der Waals surface area contributed by atoms with E-state index in [1.165, 1.54) is 19.1 Å². The smallest absolute Gasteiger partial charge is 0.311 e. The van der Waals surface area contributed by atoms with Gasteiger partial charge in [0.15, 0.2) is 6.10 Å². The maximum Gasteiger partial charge on any atom is 0.311 e. The SMILES string of the molecule is C[C@H](OC(=O)Cc1ccc(Cl)c(Cl)c1)C(=O)NCCc1ccc(F)cc1. The van der Waals surface area contributed by atoms with E-state index >= 15 is 0 Å². The predicted octanol–water partition coefficient (Wildman–Crippen LogP) is 3.97. The number of nitrogens with one attached hydrogen (secondary N) is 1. The zero-order valence-electron chi connectivity index (χ0n) is 14.1. The highest BCUT2D eigenvalue weighted by Gasteiger charge is 2.17. The Balaban J connectivity index is 1.75. The molecule has 2 aromatic rings. The first-order chi connectivity index (χ1) is 12.3. The van der Waals surface area contributed by atoms with Crippen LogP contribution in [0.2, 0.25) is 10.0 Å². The quantitative estimate of drug-likeness (QED) is 0.719. The first-order valence-electron chi connectivity index (χ1n) is 8.00. The molecule has 2 aromatic carbocycles. The van der Waals surface area contributed by atoms with E-state index in [2.05, 4.69) is 5.32 Å². The third-order valence-electron chi connectivity index (χ3n) is 3.64. The standard InChI is InChI=1S/C19H18Cl2FNO3/c1-12(19(25)23-9-8-13-2-5-15(22)6-3-13)26-18(24)11-14-4-7-16(20)17(21)10-14/h2-7,10,12H,8-9,11H2,1H3,(H,23,25)/t12-/m0/s1. The first-order valence-corrected chi connectivity index (χ1v) is 8.76. The Bertz CT molecular complexity index is 781. The molecule has 0 aliphatic rings. The van der Waals surface area contributed by atoms with Crippen molar-refractivity contribution >= 4 is 35.1 Å². The van der Waals surface area contributed by atoms with E-state index < -0.39 is 18.0 Å². The summed E-state index contributed by atoms with van der Waals surface area (Å²) in [6.45, 7) is 1.86. The summed E-state index contributed by atoms with van der Waals surface area (Å²) in [4.78, 5) is 23.9. The molecule has 0 aliphatic carbocycles. The van der Waals surface area contributed by atoms with E-state index in [1.54, 1.807) is 30.3 Å². The van der Waals surface area contributed by atoms with E-state index in [4.69, 9.17) is 27.9 Å². The van der Waals surface area contributed by atoms with Gasteiger partial charge in [-0.25, -0.2) is 4.39 Å². The number of amides is 1. The summed E-state index contributed by atoms with van der Waals surface area (Å²) < 4.78 is 18.0. The lowest BCUT2D eigenvalue weighted by Gasteiger charge is -2.13. The average Bonchev–Trinajstić information content (AvgIpc) is 2.59. The second-order valence-corrected chi connectivity index (χ2v) is 6.54. The van der Waals surface area contributed by atoms with Crippen LogP contribution in [0.1, 0.15) is 18.1 Å². The molecule has 0 spiro atoms. The van der Waals surface area contributed by atoms with Crippen molar-refractivity contribution in [1.29, 1.82) is 0 Å². The molecule has 26 heavy (non-hydrogen) atoms. The van der Waals surface area contributed by atoms with Crippen LogP contribution in [0, 0.1) is 5.82 Å². The van der Waals surface area contributed by atoms with E-state index in [-0.39, 0.29) is 12.2 Å². The number of carbonyl (C=O) groups excluding carboxylic acids is 2. The summed E-state index contributed by atoms with van der Waals surface area (Å²) >= 11 is 11.7. The second-order valence-electron chi connectivity index (χ2n) is 5.72. The van der Waals surface area contributed by atoms with Gasteiger partial charge in [-0.3, -0.25) is 9.59 Å². The number of rotatable bonds is 7. The maximum atomic E-state index is 12.8. The van der Waals surface area contributed by atoms with Crippen molar-refractivity contribution in [3.63, 3.8) is 0 Å². The minimum absolute atomic E-state index is 0.00983. The fourth-order valence-electron chi connectivity index (χ4n) is 2.23. The van der Waals surface area contributed by atoms with Gasteiger partial charge < -0.3 is 10.1 Å². The van der Waals surface area contributed by atoms with Gasteiger partial charge in [-0.2, -0.15) is 0 Å². The largest absolute Gasteiger partial charge is 0.452 e. The summed E-state index contributed by atoms with van der Waals surface area (Å²) in [7, 11) is 0. The van der Waals surface area contributed by atoms with Crippen LogP contribution in [0.15, 0.2) is 42.5 Å². The van der Waals surface area contributed by atoms with Gasteiger partial charge in [-0.05, 0) is 48.7 Å². The lowest BCUT2D eigenvalue weighted by molar-refractivity contribution is -0.154. The highest BCUT2D eigenvalue weighted by Crippen LogP contribution is 2.22. The fraction of sp³-hybridized carbons (Fsp3) is 0.263. The predicted molar refractivity (Wildman–Crippen MR) is 98.8 cm³/mol. The number of ether oxygens (including phenoxy) is 1. The minimum atomic E-state index is -0.918. The zero-order chi connectivity index (χ0) is 19.1. The molecule has 0 aliphatic heterocycles. The average molecular weight is 398 g/mol. The lowest BCUT2D eigenvalue weighted by atomic mass is 10.1. The van der Waals surface area contributed by atoms with Gasteiger partial charge in [0.2, 0.25) is 0 Å². The van der Waals surface area contributed by atoms with Gasteiger partial charge in [0.05, 0.1) is 16.5 Å². The molecule has 4 nitrogen and oxygen atoms in total. The van der Waals surface area contributed by atoms with Crippen LogP contribution < -0.4 is 5.32 Å². The molecular weight excluding hydrogens is 380 g/mol. The van der Waals surface area contributed by atoms with Crippen molar-refractivity contribution in [2.24, 2.45) is 0 Å². The molecule has 1 N–H and O–H groups in total. The van der Waals surface area contributed by atoms with E-state index in [9.17, 15) is 14.0 Å². The molecule has 0 unspecified atom stereocenters. The van der Waals surface area contributed by atoms with Crippen molar-refractivity contribution in [3.8, 4) is 0 Å². The number of hydrogen-bond acceptors (Lipinski definition) is 3. The molecular formula is C19H18Cl2FNO3. The first kappa shape index (κ1) is 20.2. The molecule has 2 rings (SSSR count). The topological polar surface area (TPSA) is 55.4 Å². The zero-order valence-corrected chi connectivity index (χ0v) is 15.6. The number of benzene rings is 2. The Morgan fingerprint density at radius 2 is 1.73 bits per heavy atom. The van der Waals surface area contributed by atoms with E-state index in [0.29, 0.717) is 28.6 Å². The number of esters is 1. The molecule has 1 amide bonds. The maximum absolute atomic E-state index is 12.8. The third kappa shape index (κ3) is 6.32. The molecule has 0 bridgehead atoms. The number of hydrogen-bond donors (Lipinski definition) is 1. The summed E-state index contributed by atoms with van der Waals surface area (Å²) in [6, 6.07) is 10.9. The number of carbonyl (C=O) groups is 2. The van der Waals surface area contributed by atoms with Gasteiger partial charge >= 0.3 is 5.97 Å². The van der Waals surface area contributed by atoms with Crippen LogP contribution in [-0.4, -0.2) is 24.5 Å². The summed E-state index contributed by atoms with van der Waals surface area (Å²) in [5, 5.41) is 3.43. The van der Waals surface area contributed by atoms with Crippen molar-refractivity contribution in [2.75, 3.05) is 6.54 Å². The van der Waals surface area contributed by atoms with Crippen molar-refractivity contribution < 1.29 is 18.7 Å². The Kier molecular flexibility index (Phi) is 7.42. The summed E-state index contributed by atoms with van der Waals surface area (Å²) in [5.74, 6) is -1.24. The monoisotopic (exact) mass is 397 g/mol. The van der Waals surface area contributed by atoms with Crippen LogP contribution in [0.4, 0.5) is 4.39 Å². The molecule has 0 heterocycles. The van der Waals surface area contributed by atoms with Crippen LogP contribution in [0.3, 0.4) is 0 Å². The highest BCUT2D eigenvalue weighted by molar-refractivity contribution is 6.42. The molecule has 7 heteroatoms.